The van der Waals surface area contributed by atoms with Gasteiger partial charge in [0.05, 0.1) is 6.61 Å². The van der Waals surface area contributed by atoms with Crippen molar-refractivity contribution in [1.29, 1.82) is 0 Å². The van der Waals surface area contributed by atoms with Crippen LogP contribution in [0.5, 0.6) is 5.75 Å². The van der Waals surface area contributed by atoms with Gasteiger partial charge >= 0.3 is 23.9 Å². The van der Waals surface area contributed by atoms with Crippen LogP contribution in [0.1, 0.15) is 34.6 Å². The summed E-state index contributed by atoms with van der Waals surface area (Å²) in [6.45, 7) is 4.26. The topological polar surface area (TPSA) is 238 Å². The van der Waals surface area contributed by atoms with Gasteiger partial charge in [0.1, 0.15) is 42.8 Å². The maximum atomic E-state index is 12.3. The van der Waals surface area contributed by atoms with Gasteiger partial charge in [-0.1, -0.05) is 0 Å². The first-order valence-electron chi connectivity index (χ1n) is 13.9. The Bertz CT molecular complexity index is 1210. The summed E-state index contributed by atoms with van der Waals surface area (Å²) in [4.78, 5) is 60.3. The summed E-state index contributed by atoms with van der Waals surface area (Å²) in [6, 6.07) is 4.87. The van der Waals surface area contributed by atoms with E-state index >= 15 is 0 Å². The smallest absolute Gasteiger partial charge is 0.303 e. The molecule has 0 bridgehead atoms. The first-order chi connectivity index (χ1) is 21.2. The van der Waals surface area contributed by atoms with Crippen LogP contribution in [0.3, 0.4) is 0 Å². The monoisotopic (exact) mass is 642 g/mol. The average molecular weight is 643 g/mol. The van der Waals surface area contributed by atoms with Crippen LogP contribution in [0.15, 0.2) is 24.3 Å². The van der Waals surface area contributed by atoms with E-state index in [-0.39, 0.29) is 5.75 Å². The minimum Gasteiger partial charge on any atom is -0.463 e. The van der Waals surface area contributed by atoms with Gasteiger partial charge in [-0.2, -0.15) is 0 Å². The summed E-state index contributed by atoms with van der Waals surface area (Å²) in [5.41, 5.74) is 6.19. The molecule has 0 spiro atoms. The van der Waals surface area contributed by atoms with Crippen molar-refractivity contribution in [2.24, 2.45) is 0 Å². The molecule has 10 unspecified atom stereocenters. The van der Waals surface area contributed by atoms with Crippen molar-refractivity contribution in [1.82, 2.24) is 5.32 Å². The van der Waals surface area contributed by atoms with Crippen molar-refractivity contribution in [3.05, 3.63) is 24.3 Å². The fraction of sp³-hybridized carbons (Fsp3) is 0.607. The molecule has 2 aliphatic rings. The summed E-state index contributed by atoms with van der Waals surface area (Å²) >= 11 is 0. The lowest BCUT2D eigenvalue weighted by Gasteiger charge is -2.48. The van der Waals surface area contributed by atoms with Gasteiger partial charge in [0.15, 0.2) is 24.6 Å². The first-order valence-corrected chi connectivity index (χ1v) is 13.9. The molecule has 2 fully saturated rings. The first kappa shape index (κ1) is 35.4. The third kappa shape index (κ3) is 9.73. The van der Waals surface area contributed by atoms with E-state index in [4.69, 9.17) is 43.6 Å². The predicted molar refractivity (Wildman–Crippen MR) is 148 cm³/mol. The van der Waals surface area contributed by atoms with Crippen LogP contribution in [0.4, 0.5) is 5.69 Å². The number of benzene rings is 1. The molecular formula is C28H38N2O15. The Morgan fingerprint density at radius 3 is 1.87 bits per heavy atom. The van der Waals surface area contributed by atoms with E-state index in [2.05, 4.69) is 5.32 Å². The van der Waals surface area contributed by atoms with Crippen LogP contribution >= 0.6 is 0 Å². The van der Waals surface area contributed by atoms with Crippen LogP contribution < -0.4 is 15.8 Å². The number of carbonyl (C=O) groups excluding carboxylic acids is 5. The zero-order chi connectivity index (χ0) is 33.4. The van der Waals surface area contributed by atoms with E-state index in [1.165, 1.54) is 19.1 Å². The number of anilines is 1. The van der Waals surface area contributed by atoms with Crippen molar-refractivity contribution in [2.75, 3.05) is 18.9 Å². The van der Waals surface area contributed by atoms with Crippen LogP contribution in [0, 0.1) is 0 Å². The third-order valence-electron chi connectivity index (χ3n) is 6.60. The van der Waals surface area contributed by atoms with E-state index in [0.717, 1.165) is 27.7 Å². The number of nitrogens with one attached hydrogen (secondary N) is 1. The summed E-state index contributed by atoms with van der Waals surface area (Å²) in [7, 11) is 0. The second kappa shape index (κ2) is 15.8. The van der Waals surface area contributed by atoms with Crippen molar-refractivity contribution >= 4 is 35.5 Å². The number of ether oxygens (including phenoxy) is 8. The van der Waals surface area contributed by atoms with Gasteiger partial charge in [0.25, 0.3) is 0 Å². The zero-order valence-corrected chi connectivity index (χ0v) is 25.3. The van der Waals surface area contributed by atoms with Crippen molar-refractivity contribution in [2.45, 2.75) is 96.0 Å². The van der Waals surface area contributed by atoms with E-state index in [1.54, 1.807) is 12.1 Å². The Morgan fingerprint density at radius 1 is 0.778 bits per heavy atom. The molecule has 45 heavy (non-hydrogen) atoms. The Hall–Kier alpha value is -4.03. The van der Waals surface area contributed by atoms with E-state index in [9.17, 15) is 34.2 Å². The maximum absolute atomic E-state index is 12.3. The van der Waals surface area contributed by atoms with Gasteiger partial charge in [-0.25, -0.2) is 0 Å². The minimum absolute atomic E-state index is 0.253. The molecule has 17 heteroatoms. The largest absolute Gasteiger partial charge is 0.463 e. The molecule has 0 saturated carbocycles. The van der Waals surface area contributed by atoms with Gasteiger partial charge in [0, 0.05) is 40.3 Å². The molecule has 0 radical (unpaired) electrons. The Morgan fingerprint density at radius 2 is 1.33 bits per heavy atom. The van der Waals surface area contributed by atoms with Crippen molar-refractivity contribution < 1.29 is 72.1 Å². The predicted octanol–water partition coefficient (Wildman–Crippen LogP) is -1.30. The molecule has 3 rings (SSSR count). The molecule has 2 saturated heterocycles. The number of aliphatic hydroxyl groups is 2. The van der Waals surface area contributed by atoms with Crippen molar-refractivity contribution in [3.63, 3.8) is 0 Å². The number of nitrogens with two attached hydrogens (primary N) is 1. The summed E-state index contributed by atoms with van der Waals surface area (Å²) in [6.07, 6.45) is -13.5. The van der Waals surface area contributed by atoms with Gasteiger partial charge in [-0.3, -0.25) is 24.0 Å². The van der Waals surface area contributed by atoms with Gasteiger partial charge in [-0.15, -0.1) is 0 Å². The molecule has 1 aromatic carbocycles. The highest BCUT2D eigenvalue weighted by atomic mass is 16.8. The quantitative estimate of drug-likeness (QED) is 0.125. The molecule has 250 valence electrons. The number of hydrogen-bond donors (Lipinski definition) is 4. The molecule has 2 aliphatic heterocycles. The van der Waals surface area contributed by atoms with Gasteiger partial charge < -0.3 is 59.2 Å². The number of rotatable bonds is 11. The third-order valence-corrected chi connectivity index (χ3v) is 6.60. The Kier molecular flexibility index (Phi) is 12.5. The molecule has 2 heterocycles. The number of esters is 4. The van der Waals surface area contributed by atoms with E-state index in [0.29, 0.717) is 5.69 Å². The standard InChI is InChI=1S/C28H38N2O15/c1-12(32)30-21-24(22(37)19(10-31)43-27(21)42-18-8-6-17(29)7-9-18)45-28-26(41-16(5)36)25(40-15(4)35)23(39-14(3)34)20(44-28)11-38-13(2)33/h6-9,19-28,31,37H,10-11,29H2,1-5H3,(H,30,32). The highest BCUT2D eigenvalue weighted by Crippen LogP contribution is 2.34. The Labute approximate surface area is 258 Å². The number of nitrogen functional groups attached to an aromatic ring is 1. The number of carbonyl (C=O) groups is 5. The number of hydrogen-bond acceptors (Lipinski definition) is 16. The fourth-order valence-electron chi connectivity index (χ4n) is 4.85. The number of amides is 1. The zero-order valence-electron chi connectivity index (χ0n) is 25.3. The van der Waals surface area contributed by atoms with E-state index < -0.39 is 104 Å². The van der Waals surface area contributed by atoms with Crippen LogP contribution in [0.2, 0.25) is 0 Å². The molecule has 0 aliphatic carbocycles. The van der Waals surface area contributed by atoms with Crippen LogP contribution in [-0.4, -0.2) is 115 Å². The molecule has 17 nitrogen and oxygen atoms in total. The summed E-state index contributed by atoms with van der Waals surface area (Å²) < 4.78 is 45.1. The molecule has 1 aromatic rings. The van der Waals surface area contributed by atoms with Gasteiger partial charge in [-0.05, 0) is 24.3 Å². The maximum Gasteiger partial charge on any atom is 0.303 e. The highest BCUT2D eigenvalue weighted by Gasteiger charge is 2.56. The van der Waals surface area contributed by atoms with Crippen LogP contribution in [0.25, 0.3) is 0 Å². The lowest BCUT2D eigenvalue weighted by Crippen LogP contribution is -2.69. The number of aliphatic hydroxyl groups excluding tert-OH is 2. The molecule has 1 amide bonds. The normalized spacial score (nSPS) is 31.2. The SMILES string of the molecule is CC(=O)NC1C(Oc2ccc(N)cc2)OC(CO)C(O)C1OC1OC(COC(C)=O)C(OC(C)=O)C(OC(C)=O)C1OC(C)=O. The Balaban J connectivity index is 2.06. The molecule has 10 atom stereocenters. The van der Waals surface area contributed by atoms with Crippen LogP contribution in [-0.2, 0) is 57.1 Å². The second-order valence-electron chi connectivity index (χ2n) is 10.3. The fourth-order valence-corrected chi connectivity index (χ4v) is 4.85. The average Bonchev–Trinajstić information content (AvgIpc) is 2.94. The van der Waals surface area contributed by atoms with E-state index in [1.807, 2.05) is 0 Å². The summed E-state index contributed by atoms with van der Waals surface area (Å²) in [5.74, 6) is -3.61. The minimum atomic E-state index is -1.71. The second-order valence-corrected chi connectivity index (χ2v) is 10.3. The summed E-state index contributed by atoms with van der Waals surface area (Å²) in [5, 5.41) is 23.8. The lowest BCUT2D eigenvalue weighted by molar-refractivity contribution is -0.342. The van der Waals surface area contributed by atoms with Crippen molar-refractivity contribution in [3.8, 4) is 5.75 Å². The lowest BCUT2D eigenvalue weighted by atomic mass is 9.95. The highest BCUT2D eigenvalue weighted by molar-refractivity contribution is 5.73. The molecule has 0 aromatic heterocycles. The van der Waals surface area contributed by atoms with Gasteiger partial charge in [0.2, 0.25) is 12.2 Å². The molecular weight excluding hydrogens is 604 g/mol. The molecule has 5 N–H and O–H groups in total.